The Bertz CT molecular complexity index is 1310. The Morgan fingerprint density at radius 3 is 0.803 bits per heavy atom. The lowest BCUT2D eigenvalue weighted by Gasteiger charge is -2.18. The zero-order valence-electron chi connectivity index (χ0n) is 51.0. The molecule has 76 heavy (non-hydrogen) atoms. The number of unbranched alkanes of at least 4 members (excludes halogenated alkanes) is 43. The highest BCUT2D eigenvalue weighted by Crippen LogP contribution is 2.18. The largest absolute Gasteiger partial charge is 0.462 e. The SMILES string of the molecule is CC/C=C\C/C=C\C/C=C\C/C=C\CCCCCCCCCCCCC(=O)OC(COC(=O)CCCCCCCCCC)COC(=O)CCCCCCCCCCCCCCCCCCCCCCCCCCCCC. The van der Waals surface area contributed by atoms with E-state index >= 15 is 0 Å². The fourth-order valence-corrected chi connectivity index (χ4v) is 10.1. The Hall–Kier alpha value is -2.63. The first kappa shape index (κ1) is 73.4. The first-order valence-electron chi connectivity index (χ1n) is 33.6. The van der Waals surface area contributed by atoms with E-state index < -0.39 is 6.10 Å². The molecule has 444 valence electrons. The fourth-order valence-electron chi connectivity index (χ4n) is 10.1. The van der Waals surface area contributed by atoms with E-state index in [1.54, 1.807) is 0 Å². The molecular weight excluding hydrogens is 937 g/mol. The van der Waals surface area contributed by atoms with Crippen molar-refractivity contribution in [3.05, 3.63) is 48.6 Å². The van der Waals surface area contributed by atoms with Crippen LogP contribution < -0.4 is 0 Å². The van der Waals surface area contributed by atoms with Crippen LogP contribution in [0.1, 0.15) is 361 Å². The summed E-state index contributed by atoms with van der Waals surface area (Å²) in [6, 6.07) is 0. The number of rotatable bonds is 62. The Kier molecular flexibility index (Phi) is 62.6. The zero-order chi connectivity index (χ0) is 55.0. The van der Waals surface area contributed by atoms with E-state index in [9.17, 15) is 14.4 Å². The minimum absolute atomic E-state index is 0.0699. The van der Waals surface area contributed by atoms with Crippen LogP contribution in [0.4, 0.5) is 0 Å². The molecule has 0 aliphatic carbocycles. The van der Waals surface area contributed by atoms with Crippen molar-refractivity contribution in [1.29, 1.82) is 0 Å². The van der Waals surface area contributed by atoms with Crippen molar-refractivity contribution in [3.8, 4) is 0 Å². The van der Waals surface area contributed by atoms with E-state index in [-0.39, 0.29) is 31.1 Å². The van der Waals surface area contributed by atoms with Crippen LogP contribution in [0, 0.1) is 0 Å². The third-order valence-corrected chi connectivity index (χ3v) is 15.1. The molecule has 0 aromatic heterocycles. The van der Waals surface area contributed by atoms with Gasteiger partial charge in [0, 0.05) is 19.3 Å². The zero-order valence-corrected chi connectivity index (χ0v) is 51.0. The molecule has 0 aliphatic heterocycles. The first-order chi connectivity index (χ1) is 37.5. The summed E-state index contributed by atoms with van der Waals surface area (Å²) in [7, 11) is 0. The van der Waals surface area contributed by atoms with Gasteiger partial charge in [0.25, 0.3) is 0 Å². The molecule has 0 spiro atoms. The molecule has 0 aromatic rings. The minimum atomic E-state index is -0.772. The maximum atomic E-state index is 12.9. The smallest absolute Gasteiger partial charge is 0.306 e. The van der Waals surface area contributed by atoms with Crippen molar-refractivity contribution in [2.75, 3.05) is 13.2 Å². The Morgan fingerprint density at radius 2 is 0.513 bits per heavy atom. The molecule has 1 atom stereocenters. The van der Waals surface area contributed by atoms with Gasteiger partial charge in [0.1, 0.15) is 13.2 Å². The van der Waals surface area contributed by atoms with Crippen LogP contribution in [0.2, 0.25) is 0 Å². The Balaban J connectivity index is 4.09. The van der Waals surface area contributed by atoms with Crippen LogP contribution >= 0.6 is 0 Å². The second-order valence-electron chi connectivity index (χ2n) is 22.7. The summed E-state index contributed by atoms with van der Waals surface area (Å²) >= 11 is 0. The van der Waals surface area contributed by atoms with E-state index in [0.29, 0.717) is 19.3 Å². The maximum absolute atomic E-state index is 12.9. The summed E-state index contributed by atoms with van der Waals surface area (Å²) in [5, 5.41) is 0. The third kappa shape index (κ3) is 62.2. The van der Waals surface area contributed by atoms with Crippen LogP contribution in [0.3, 0.4) is 0 Å². The molecule has 0 saturated carbocycles. The van der Waals surface area contributed by atoms with Crippen molar-refractivity contribution >= 4 is 17.9 Å². The van der Waals surface area contributed by atoms with Crippen molar-refractivity contribution in [2.45, 2.75) is 367 Å². The van der Waals surface area contributed by atoms with Crippen molar-refractivity contribution in [1.82, 2.24) is 0 Å². The standard InChI is InChI=1S/C70H128O6/c1-4-7-10-13-16-19-21-23-25-27-29-31-33-34-35-36-38-39-41-43-45-47-49-51-54-57-60-63-69(72)75-66-67(65-74-68(71)62-59-56-53-18-15-12-9-6-3)76-70(73)64-61-58-55-52-50-48-46-44-42-40-37-32-30-28-26-24-22-20-17-14-11-8-5-2/h8,11,17,20,24,26,30,32,67H,4-7,9-10,12-16,18-19,21-23,25,27-29,31,33-66H2,1-3H3/b11-8-,20-17-,26-24-,32-30-. The summed E-state index contributed by atoms with van der Waals surface area (Å²) in [6.07, 6.45) is 81.6. The van der Waals surface area contributed by atoms with Crippen molar-refractivity contribution in [2.24, 2.45) is 0 Å². The number of ether oxygens (including phenoxy) is 3. The van der Waals surface area contributed by atoms with Gasteiger partial charge in [-0.25, -0.2) is 0 Å². The average molecular weight is 1070 g/mol. The van der Waals surface area contributed by atoms with E-state index in [0.717, 1.165) is 83.5 Å². The average Bonchev–Trinajstić information content (AvgIpc) is 3.42. The van der Waals surface area contributed by atoms with Crippen LogP contribution in [0.25, 0.3) is 0 Å². The highest BCUT2D eigenvalue weighted by atomic mass is 16.6. The van der Waals surface area contributed by atoms with Gasteiger partial charge >= 0.3 is 17.9 Å². The van der Waals surface area contributed by atoms with Gasteiger partial charge in [-0.2, -0.15) is 0 Å². The number of hydrogen-bond donors (Lipinski definition) is 0. The number of carbonyl (C=O) groups is 3. The number of allylic oxidation sites excluding steroid dienone is 8. The van der Waals surface area contributed by atoms with Gasteiger partial charge < -0.3 is 14.2 Å². The van der Waals surface area contributed by atoms with Crippen LogP contribution in [-0.2, 0) is 28.6 Å². The summed E-state index contributed by atoms with van der Waals surface area (Å²) in [5.41, 5.74) is 0. The lowest BCUT2D eigenvalue weighted by atomic mass is 10.0. The first-order valence-corrected chi connectivity index (χ1v) is 33.6. The quantitative estimate of drug-likeness (QED) is 0.0261. The van der Waals surface area contributed by atoms with Crippen molar-refractivity contribution in [3.63, 3.8) is 0 Å². The summed E-state index contributed by atoms with van der Waals surface area (Å²) in [6.45, 7) is 6.55. The van der Waals surface area contributed by atoms with Crippen LogP contribution in [0.5, 0.6) is 0 Å². The molecule has 0 fully saturated rings. The van der Waals surface area contributed by atoms with E-state index in [4.69, 9.17) is 14.2 Å². The van der Waals surface area contributed by atoms with Crippen molar-refractivity contribution < 1.29 is 28.6 Å². The molecule has 6 heteroatoms. The predicted molar refractivity (Wildman–Crippen MR) is 330 cm³/mol. The molecule has 0 bridgehead atoms. The Labute approximate surface area is 473 Å². The molecule has 0 N–H and O–H groups in total. The highest BCUT2D eigenvalue weighted by molar-refractivity contribution is 5.71. The molecule has 6 nitrogen and oxygen atoms in total. The number of carbonyl (C=O) groups excluding carboxylic acids is 3. The maximum Gasteiger partial charge on any atom is 0.306 e. The van der Waals surface area contributed by atoms with Gasteiger partial charge in [-0.15, -0.1) is 0 Å². The molecule has 1 unspecified atom stereocenters. The lowest BCUT2D eigenvalue weighted by Crippen LogP contribution is -2.30. The second-order valence-corrected chi connectivity index (χ2v) is 22.7. The number of esters is 3. The number of hydrogen-bond acceptors (Lipinski definition) is 6. The van der Waals surface area contributed by atoms with Gasteiger partial charge in [-0.05, 0) is 57.8 Å². The Morgan fingerprint density at radius 1 is 0.276 bits per heavy atom. The highest BCUT2D eigenvalue weighted by Gasteiger charge is 2.19. The molecule has 0 radical (unpaired) electrons. The summed E-state index contributed by atoms with van der Waals surface area (Å²) in [4.78, 5) is 38.2. The second kappa shape index (κ2) is 64.9. The van der Waals surface area contributed by atoms with Crippen LogP contribution in [0.15, 0.2) is 48.6 Å². The fraction of sp³-hybridized carbons (Fsp3) is 0.843. The third-order valence-electron chi connectivity index (χ3n) is 15.1. The molecule has 0 saturated heterocycles. The molecule has 0 rings (SSSR count). The van der Waals surface area contributed by atoms with Gasteiger partial charge in [0.2, 0.25) is 0 Å². The molecule has 0 amide bonds. The van der Waals surface area contributed by atoms with Gasteiger partial charge in [0.15, 0.2) is 6.10 Å². The normalized spacial score (nSPS) is 12.3. The topological polar surface area (TPSA) is 78.9 Å². The van der Waals surface area contributed by atoms with Gasteiger partial charge in [0.05, 0.1) is 0 Å². The van der Waals surface area contributed by atoms with E-state index in [1.807, 2.05) is 0 Å². The predicted octanol–water partition coefficient (Wildman–Crippen LogP) is 22.9. The van der Waals surface area contributed by atoms with Gasteiger partial charge in [-0.1, -0.05) is 333 Å². The molecule has 0 aliphatic rings. The minimum Gasteiger partial charge on any atom is -0.462 e. The summed E-state index contributed by atoms with van der Waals surface area (Å²) < 4.78 is 16.9. The molecular formula is C70H128O6. The van der Waals surface area contributed by atoms with Gasteiger partial charge in [-0.3, -0.25) is 14.4 Å². The molecule has 0 heterocycles. The lowest BCUT2D eigenvalue weighted by molar-refractivity contribution is -0.167. The summed E-state index contributed by atoms with van der Waals surface area (Å²) in [5.74, 6) is -0.857. The van der Waals surface area contributed by atoms with E-state index in [1.165, 1.54) is 238 Å². The monoisotopic (exact) mass is 1060 g/mol. The van der Waals surface area contributed by atoms with E-state index in [2.05, 4.69) is 69.4 Å². The van der Waals surface area contributed by atoms with Crippen LogP contribution in [-0.4, -0.2) is 37.2 Å². The molecule has 0 aromatic carbocycles.